The van der Waals surface area contributed by atoms with Gasteiger partial charge in [-0.05, 0) is 25.5 Å². The van der Waals surface area contributed by atoms with Crippen molar-refractivity contribution in [1.29, 1.82) is 0 Å². The predicted molar refractivity (Wildman–Crippen MR) is 123 cm³/mol. The van der Waals surface area contributed by atoms with Crippen LogP contribution in [-0.4, -0.2) is 43.1 Å². The van der Waals surface area contributed by atoms with Crippen molar-refractivity contribution in [1.82, 2.24) is 9.29 Å². The van der Waals surface area contributed by atoms with Crippen molar-refractivity contribution in [3.8, 4) is 11.3 Å². The molecule has 2 aromatic carbocycles. The van der Waals surface area contributed by atoms with Gasteiger partial charge in [-0.25, -0.2) is 17.7 Å². The maximum atomic E-state index is 12.6. The van der Waals surface area contributed by atoms with Crippen LogP contribution in [0, 0.1) is 0 Å². The molecule has 0 spiro atoms. The second kappa shape index (κ2) is 10.6. The third-order valence-electron chi connectivity index (χ3n) is 4.80. The molecule has 0 amide bonds. The number of ketones is 1. The van der Waals surface area contributed by atoms with Gasteiger partial charge in [-0.3, -0.25) is 9.59 Å². The summed E-state index contributed by atoms with van der Waals surface area (Å²) < 4.78 is 31.7. The highest BCUT2D eigenvalue weighted by molar-refractivity contribution is 7.89. The summed E-state index contributed by atoms with van der Waals surface area (Å²) in [5.41, 5.74) is 2.29. The third kappa shape index (κ3) is 6.09. The van der Waals surface area contributed by atoms with Crippen molar-refractivity contribution in [3.63, 3.8) is 0 Å². The summed E-state index contributed by atoms with van der Waals surface area (Å²) in [7, 11) is -2.24. The number of ether oxygens (including phenoxy) is 1. The highest BCUT2D eigenvalue weighted by Gasteiger charge is 2.21. The monoisotopic (exact) mass is 472 g/mol. The van der Waals surface area contributed by atoms with E-state index in [1.54, 1.807) is 0 Å². The topological polar surface area (TPSA) is 93.6 Å². The third-order valence-corrected chi connectivity index (χ3v) is 7.49. The number of hydrogen-bond donors (Lipinski definition) is 0. The number of thiazole rings is 1. The Balaban J connectivity index is 1.45. The molecule has 0 N–H and O–H groups in total. The molecule has 0 bridgehead atoms. The number of carbonyl (C=O) groups is 2. The lowest BCUT2D eigenvalue weighted by atomic mass is 10.2. The molecule has 32 heavy (non-hydrogen) atoms. The van der Waals surface area contributed by atoms with Crippen molar-refractivity contribution in [2.24, 2.45) is 0 Å². The Hall–Kier alpha value is -2.88. The quantitative estimate of drug-likeness (QED) is 0.325. The van der Waals surface area contributed by atoms with Gasteiger partial charge in [0.25, 0.3) is 0 Å². The molecule has 9 heteroatoms. The Morgan fingerprint density at radius 3 is 2.41 bits per heavy atom. The molecule has 0 radical (unpaired) electrons. The minimum Gasteiger partial charge on any atom is -0.458 e. The van der Waals surface area contributed by atoms with Gasteiger partial charge in [0.15, 0.2) is 5.78 Å². The Labute approximate surface area is 191 Å². The lowest BCUT2D eigenvalue weighted by Crippen LogP contribution is -2.28. The molecule has 1 heterocycles. The van der Waals surface area contributed by atoms with E-state index in [0.29, 0.717) is 17.0 Å². The summed E-state index contributed by atoms with van der Waals surface area (Å²) in [5.74, 6) is -0.534. The van der Waals surface area contributed by atoms with Crippen LogP contribution in [0.2, 0.25) is 0 Å². The number of carbonyl (C=O) groups excluding carboxylic acids is 2. The predicted octanol–water partition coefficient (Wildman–Crippen LogP) is 4.16. The van der Waals surface area contributed by atoms with Gasteiger partial charge < -0.3 is 4.74 Å². The second-order valence-corrected chi connectivity index (χ2v) is 10.2. The molecular formula is C23H24N2O5S2. The van der Waals surface area contributed by atoms with Crippen LogP contribution in [0.3, 0.4) is 0 Å². The fourth-order valence-corrected chi connectivity index (χ4v) is 4.86. The molecule has 0 fully saturated rings. The van der Waals surface area contributed by atoms with Crippen LogP contribution in [0.1, 0.15) is 35.1 Å². The van der Waals surface area contributed by atoms with E-state index in [0.717, 1.165) is 11.3 Å². The number of esters is 1. The average molecular weight is 473 g/mol. The van der Waals surface area contributed by atoms with Crippen molar-refractivity contribution in [2.75, 3.05) is 13.6 Å². The van der Waals surface area contributed by atoms with E-state index in [2.05, 4.69) is 4.98 Å². The molecule has 0 aliphatic rings. The molecule has 0 aliphatic heterocycles. The Kier molecular flexibility index (Phi) is 7.89. The summed E-state index contributed by atoms with van der Waals surface area (Å²) in [5, 5.41) is 2.62. The molecule has 3 aromatic rings. The van der Waals surface area contributed by atoms with E-state index in [-0.39, 0.29) is 30.3 Å². The van der Waals surface area contributed by atoms with Crippen molar-refractivity contribution >= 4 is 33.1 Å². The van der Waals surface area contributed by atoms with Gasteiger partial charge in [-0.1, -0.05) is 42.5 Å². The van der Waals surface area contributed by atoms with E-state index < -0.39 is 16.0 Å². The van der Waals surface area contributed by atoms with Gasteiger partial charge in [0.2, 0.25) is 10.0 Å². The first-order chi connectivity index (χ1) is 15.3. The van der Waals surface area contributed by atoms with Gasteiger partial charge >= 0.3 is 5.97 Å². The molecule has 0 unspecified atom stereocenters. The second-order valence-electron chi connectivity index (χ2n) is 7.16. The summed E-state index contributed by atoms with van der Waals surface area (Å²) in [6.07, 6.45) is 0.424. The molecule has 0 saturated heterocycles. The smallest absolute Gasteiger partial charge is 0.306 e. The standard InChI is InChI=1S/C23H24N2O5S2/c1-17(26)18-10-12-20(13-11-18)32(28,29)25(2)14-6-9-23(27)30-15-22-24-21(16-31-22)19-7-4-3-5-8-19/h3-5,7-8,10-13,16H,6,9,14-15H2,1-2H3. The van der Waals surface area contributed by atoms with Crippen LogP contribution < -0.4 is 0 Å². The molecule has 0 aliphatic carbocycles. The number of benzene rings is 2. The fraction of sp³-hybridized carbons (Fsp3) is 0.261. The highest BCUT2D eigenvalue weighted by atomic mass is 32.2. The van der Waals surface area contributed by atoms with Crippen LogP contribution in [-0.2, 0) is 26.2 Å². The molecule has 0 atom stereocenters. The normalized spacial score (nSPS) is 11.5. The lowest BCUT2D eigenvalue weighted by molar-refractivity contribution is -0.145. The molecular weight excluding hydrogens is 448 g/mol. The first-order valence-electron chi connectivity index (χ1n) is 10.00. The van der Waals surface area contributed by atoms with Crippen molar-refractivity contribution in [2.45, 2.75) is 31.3 Å². The van der Waals surface area contributed by atoms with E-state index in [9.17, 15) is 18.0 Å². The zero-order valence-corrected chi connectivity index (χ0v) is 19.5. The first kappa shape index (κ1) is 23.8. The van der Waals surface area contributed by atoms with Gasteiger partial charge in [0.05, 0.1) is 10.6 Å². The zero-order chi connectivity index (χ0) is 23.1. The summed E-state index contributed by atoms with van der Waals surface area (Å²) in [6, 6.07) is 15.5. The Morgan fingerprint density at radius 1 is 1.06 bits per heavy atom. The van der Waals surface area contributed by atoms with Gasteiger partial charge in [0.1, 0.15) is 11.6 Å². The van der Waals surface area contributed by atoms with E-state index in [1.807, 2.05) is 35.7 Å². The molecule has 7 nitrogen and oxygen atoms in total. The minimum absolute atomic E-state index is 0.0902. The van der Waals surface area contributed by atoms with Gasteiger partial charge in [0, 0.05) is 36.5 Å². The van der Waals surface area contributed by atoms with Crippen molar-refractivity contribution < 1.29 is 22.7 Å². The maximum Gasteiger partial charge on any atom is 0.306 e. The largest absolute Gasteiger partial charge is 0.458 e. The van der Waals surface area contributed by atoms with Crippen LogP contribution in [0.25, 0.3) is 11.3 Å². The number of aromatic nitrogens is 1. The van der Waals surface area contributed by atoms with Crippen LogP contribution in [0.4, 0.5) is 0 Å². The molecule has 1 aromatic heterocycles. The maximum absolute atomic E-state index is 12.6. The highest BCUT2D eigenvalue weighted by Crippen LogP contribution is 2.22. The van der Waals surface area contributed by atoms with Crippen LogP contribution in [0.15, 0.2) is 64.9 Å². The van der Waals surface area contributed by atoms with Crippen LogP contribution in [0.5, 0.6) is 0 Å². The molecule has 3 rings (SSSR count). The summed E-state index contributed by atoms with van der Waals surface area (Å²) >= 11 is 1.42. The van der Waals surface area contributed by atoms with Gasteiger partial charge in [-0.2, -0.15) is 0 Å². The Bertz CT molecular complexity index is 1170. The number of Topliss-reactive ketones (excluding diaryl/α,β-unsaturated/α-hetero) is 1. The SMILES string of the molecule is CC(=O)c1ccc(S(=O)(=O)N(C)CCCC(=O)OCc2nc(-c3ccccc3)cs2)cc1. The number of rotatable bonds is 10. The molecule has 168 valence electrons. The van der Waals surface area contributed by atoms with E-state index in [4.69, 9.17) is 4.74 Å². The van der Waals surface area contributed by atoms with Crippen LogP contribution >= 0.6 is 11.3 Å². The molecule has 0 saturated carbocycles. The Morgan fingerprint density at radius 2 is 1.75 bits per heavy atom. The number of hydrogen-bond acceptors (Lipinski definition) is 7. The summed E-state index contributed by atoms with van der Waals surface area (Å²) in [6.45, 7) is 1.68. The van der Waals surface area contributed by atoms with Crippen molar-refractivity contribution in [3.05, 3.63) is 70.5 Å². The average Bonchev–Trinajstić information content (AvgIpc) is 3.27. The number of nitrogens with zero attached hydrogens (tertiary/aromatic N) is 2. The minimum atomic E-state index is -3.70. The summed E-state index contributed by atoms with van der Waals surface area (Å²) in [4.78, 5) is 28.0. The fourth-order valence-electron chi connectivity index (χ4n) is 2.94. The van der Waals surface area contributed by atoms with E-state index in [1.165, 1.54) is 53.9 Å². The van der Waals surface area contributed by atoms with E-state index >= 15 is 0 Å². The number of sulfonamides is 1. The van der Waals surface area contributed by atoms with Gasteiger partial charge in [-0.15, -0.1) is 11.3 Å². The first-order valence-corrected chi connectivity index (χ1v) is 12.3. The zero-order valence-electron chi connectivity index (χ0n) is 17.9. The lowest BCUT2D eigenvalue weighted by Gasteiger charge is -2.17.